The van der Waals surface area contributed by atoms with E-state index in [0.29, 0.717) is 24.9 Å². The van der Waals surface area contributed by atoms with Gasteiger partial charge in [0.2, 0.25) is 0 Å². The molecule has 3 rings (SSSR count). The molecule has 0 radical (unpaired) electrons. The zero-order valence-electron chi connectivity index (χ0n) is 11.6. The number of ether oxygens (including phenoxy) is 1. The lowest BCUT2D eigenvalue weighted by atomic mass is 10.1. The number of hydrogen-bond donors (Lipinski definition) is 0. The summed E-state index contributed by atoms with van der Waals surface area (Å²) in [5, 5.41) is 8.76. The van der Waals surface area contributed by atoms with Crippen LogP contribution in [0.25, 0.3) is 0 Å². The fourth-order valence-corrected chi connectivity index (χ4v) is 2.71. The maximum atomic E-state index is 13.3. The number of piperidine rings is 1. The maximum absolute atomic E-state index is 13.3. The Labute approximate surface area is 135 Å². The lowest BCUT2D eigenvalue weighted by molar-refractivity contribution is 0.167. The summed E-state index contributed by atoms with van der Waals surface area (Å²) in [6.07, 6.45) is 2.90. The second-order valence-corrected chi connectivity index (χ2v) is 5.86. The summed E-state index contributed by atoms with van der Waals surface area (Å²) in [6, 6.07) is 6.80. The van der Waals surface area contributed by atoms with Gasteiger partial charge in [0, 0.05) is 32.0 Å². The van der Waals surface area contributed by atoms with Crippen LogP contribution >= 0.6 is 15.9 Å². The molecule has 1 aromatic carbocycles. The average molecular weight is 366 g/mol. The van der Waals surface area contributed by atoms with E-state index in [0.717, 1.165) is 17.3 Å². The molecule has 1 saturated heterocycles. The van der Waals surface area contributed by atoms with Crippen LogP contribution in [0.3, 0.4) is 0 Å². The molecule has 1 fully saturated rings. The molecule has 5 nitrogen and oxygen atoms in total. The van der Waals surface area contributed by atoms with E-state index in [9.17, 15) is 4.39 Å². The third-order valence-electron chi connectivity index (χ3n) is 3.51. The number of nitrogens with zero attached hydrogens (tertiary/aromatic N) is 3. The van der Waals surface area contributed by atoms with Crippen LogP contribution in [-0.2, 0) is 0 Å². The third kappa shape index (κ3) is 3.22. The van der Waals surface area contributed by atoms with Crippen molar-refractivity contribution in [2.45, 2.75) is 18.9 Å². The van der Waals surface area contributed by atoms with Crippen LogP contribution in [0.2, 0.25) is 0 Å². The first kappa shape index (κ1) is 14.9. The van der Waals surface area contributed by atoms with Crippen molar-refractivity contribution in [1.29, 1.82) is 5.26 Å². The third-order valence-corrected chi connectivity index (χ3v) is 4.16. The quantitative estimate of drug-likeness (QED) is 0.832. The molecule has 0 spiro atoms. The zero-order valence-corrected chi connectivity index (χ0v) is 13.2. The van der Waals surface area contributed by atoms with Gasteiger partial charge in [-0.1, -0.05) is 0 Å². The number of hydrogen-bond acceptors (Lipinski definition) is 5. The molecule has 0 N–H and O–H groups in total. The standard InChI is InChI=1S/C15H13BrFN3O2/c16-13-2-1-10(17)7-14(13)22-12-3-5-20(6-4-12)15-19-11(8-18)9-21-15/h1-2,7,9,12H,3-6H2. The smallest absolute Gasteiger partial charge is 0.298 e. The Morgan fingerprint density at radius 3 is 2.86 bits per heavy atom. The molecule has 0 atom stereocenters. The fraction of sp³-hybridized carbons (Fsp3) is 0.333. The predicted octanol–water partition coefficient (Wildman–Crippen LogP) is 3.50. The Bertz CT molecular complexity index is 705. The molecule has 1 aromatic heterocycles. The van der Waals surface area contributed by atoms with Gasteiger partial charge in [-0.15, -0.1) is 0 Å². The molecule has 22 heavy (non-hydrogen) atoms. The molecule has 0 amide bonds. The first-order valence-electron chi connectivity index (χ1n) is 6.88. The van der Waals surface area contributed by atoms with Crippen molar-refractivity contribution < 1.29 is 13.5 Å². The van der Waals surface area contributed by atoms with E-state index in [-0.39, 0.29) is 17.6 Å². The Kier molecular flexibility index (Phi) is 4.29. The Hall–Kier alpha value is -2.07. The van der Waals surface area contributed by atoms with Crippen LogP contribution in [0.1, 0.15) is 18.5 Å². The van der Waals surface area contributed by atoms with E-state index in [1.165, 1.54) is 18.4 Å². The van der Waals surface area contributed by atoms with Gasteiger partial charge < -0.3 is 14.1 Å². The Morgan fingerprint density at radius 2 is 2.18 bits per heavy atom. The summed E-state index contributed by atoms with van der Waals surface area (Å²) >= 11 is 3.36. The largest absolute Gasteiger partial charge is 0.489 e. The van der Waals surface area contributed by atoms with E-state index in [4.69, 9.17) is 14.4 Å². The first-order chi connectivity index (χ1) is 10.7. The van der Waals surface area contributed by atoms with Gasteiger partial charge in [0.05, 0.1) is 4.47 Å². The van der Waals surface area contributed by atoms with E-state index >= 15 is 0 Å². The minimum Gasteiger partial charge on any atom is -0.489 e. The van der Waals surface area contributed by atoms with Crippen molar-refractivity contribution in [3.8, 4) is 11.8 Å². The lowest BCUT2D eigenvalue weighted by Gasteiger charge is -2.31. The highest BCUT2D eigenvalue weighted by Crippen LogP contribution is 2.29. The van der Waals surface area contributed by atoms with E-state index in [1.54, 1.807) is 6.07 Å². The molecular formula is C15H13BrFN3O2. The zero-order chi connectivity index (χ0) is 15.5. The molecule has 7 heteroatoms. The van der Waals surface area contributed by atoms with Crippen LogP contribution in [0.4, 0.5) is 10.4 Å². The van der Waals surface area contributed by atoms with Gasteiger partial charge >= 0.3 is 0 Å². The minimum absolute atomic E-state index is 0.0137. The van der Waals surface area contributed by atoms with Crippen LogP contribution in [-0.4, -0.2) is 24.2 Å². The summed E-state index contributed by atoms with van der Waals surface area (Å²) in [6.45, 7) is 1.42. The molecule has 0 aliphatic carbocycles. The topological polar surface area (TPSA) is 62.3 Å². The van der Waals surface area contributed by atoms with Crippen molar-refractivity contribution in [3.63, 3.8) is 0 Å². The summed E-state index contributed by atoms with van der Waals surface area (Å²) in [5.74, 6) is 0.195. The highest BCUT2D eigenvalue weighted by molar-refractivity contribution is 9.10. The summed E-state index contributed by atoms with van der Waals surface area (Å²) in [5.41, 5.74) is 0.275. The van der Waals surface area contributed by atoms with Crippen molar-refractivity contribution in [2.24, 2.45) is 0 Å². The van der Waals surface area contributed by atoms with Gasteiger partial charge in [-0.05, 0) is 28.1 Å². The van der Waals surface area contributed by atoms with Gasteiger partial charge in [0.1, 0.15) is 30.0 Å². The van der Waals surface area contributed by atoms with Crippen LogP contribution < -0.4 is 9.64 Å². The molecule has 0 bridgehead atoms. The van der Waals surface area contributed by atoms with E-state index in [2.05, 4.69) is 20.9 Å². The van der Waals surface area contributed by atoms with Gasteiger partial charge in [-0.3, -0.25) is 0 Å². The first-order valence-corrected chi connectivity index (χ1v) is 7.67. The summed E-state index contributed by atoms with van der Waals surface area (Å²) < 4.78 is 25.1. The molecule has 0 unspecified atom stereocenters. The van der Waals surface area contributed by atoms with Gasteiger partial charge in [0.15, 0.2) is 5.69 Å². The highest BCUT2D eigenvalue weighted by atomic mass is 79.9. The molecule has 1 aliphatic heterocycles. The molecule has 114 valence electrons. The van der Waals surface area contributed by atoms with Crippen molar-refractivity contribution in [3.05, 3.63) is 40.4 Å². The average Bonchev–Trinajstić information content (AvgIpc) is 3.01. The number of aromatic nitrogens is 1. The monoisotopic (exact) mass is 365 g/mol. The molecule has 1 aliphatic rings. The van der Waals surface area contributed by atoms with Crippen LogP contribution in [0.5, 0.6) is 5.75 Å². The number of benzene rings is 1. The molecule has 2 heterocycles. The van der Waals surface area contributed by atoms with Crippen LogP contribution in [0.15, 0.2) is 33.4 Å². The van der Waals surface area contributed by atoms with E-state index < -0.39 is 0 Å². The molecule has 0 saturated carbocycles. The normalized spacial score (nSPS) is 15.6. The number of nitriles is 1. The Morgan fingerprint density at radius 1 is 1.41 bits per heavy atom. The number of halogens is 2. The number of anilines is 1. The van der Waals surface area contributed by atoms with Gasteiger partial charge in [-0.25, -0.2) is 4.39 Å². The summed E-state index contributed by atoms with van der Waals surface area (Å²) in [4.78, 5) is 6.06. The van der Waals surface area contributed by atoms with E-state index in [1.807, 2.05) is 11.0 Å². The second kappa shape index (κ2) is 6.36. The number of oxazole rings is 1. The molecule has 2 aromatic rings. The lowest BCUT2D eigenvalue weighted by Crippen LogP contribution is -2.38. The predicted molar refractivity (Wildman–Crippen MR) is 81.2 cm³/mol. The maximum Gasteiger partial charge on any atom is 0.298 e. The minimum atomic E-state index is -0.320. The van der Waals surface area contributed by atoms with Crippen molar-refractivity contribution >= 4 is 21.9 Å². The van der Waals surface area contributed by atoms with Gasteiger partial charge in [0.25, 0.3) is 6.01 Å². The fourth-order valence-electron chi connectivity index (χ4n) is 2.37. The van der Waals surface area contributed by atoms with Crippen molar-refractivity contribution in [2.75, 3.05) is 18.0 Å². The van der Waals surface area contributed by atoms with Crippen LogP contribution in [0, 0.1) is 17.1 Å². The second-order valence-electron chi connectivity index (χ2n) is 5.01. The Balaban J connectivity index is 1.60. The highest BCUT2D eigenvalue weighted by Gasteiger charge is 2.24. The SMILES string of the molecule is N#Cc1coc(N2CCC(Oc3cc(F)ccc3Br)CC2)n1. The summed E-state index contributed by atoms with van der Waals surface area (Å²) in [7, 11) is 0. The van der Waals surface area contributed by atoms with Crippen molar-refractivity contribution in [1.82, 2.24) is 4.98 Å². The number of rotatable bonds is 3. The van der Waals surface area contributed by atoms with Gasteiger partial charge in [-0.2, -0.15) is 10.2 Å². The molecular weight excluding hydrogens is 353 g/mol.